The molecule has 10 heteroatoms. The van der Waals surface area contributed by atoms with Gasteiger partial charge in [0.05, 0.1) is 10.6 Å². The van der Waals surface area contributed by atoms with Crippen molar-refractivity contribution in [1.82, 2.24) is 24.6 Å². The third-order valence-electron chi connectivity index (χ3n) is 7.38. The van der Waals surface area contributed by atoms with Crippen molar-refractivity contribution < 1.29 is 9.59 Å². The maximum Gasteiger partial charge on any atom is 0.255 e. The lowest BCUT2D eigenvalue weighted by Gasteiger charge is -2.40. The first kappa shape index (κ1) is 30.1. The molecule has 0 saturated carbocycles. The van der Waals surface area contributed by atoms with Gasteiger partial charge in [0.2, 0.25) is 5.91 Å². The van der Waals surface area contributed by atoms with Crippen molar-refractivity contribution in [3.8, 4) is 17.1 Å². The second-order valence-electron chi connectivity index (χ2n) is 10.5. The van der Waals surface area contributed by atoms with Gasteiger partial charge >= 0.3 is 0 Å². The number of thioether (sulfide) groups is 1. The first-order valence-corrected chi connectivity index (χ1v) is 15.8. The Kier molecular flexibility index (Phi) is 9.88. The van der Waals surface area contributed by atoms with E-state index in [0.29, 0.717) is 41.7 Å². The Morgan fingerprint density at radius 2 is 1.71 bits per heavy atom. The smallest absolute Gasteiger partial charge is 0.255 e. The van der Waals surface area contributed by atoms with E-state index >= 15 is 0 Å². The molecule has 2 amide bonds. The molecule has 0 radical (unpaired) electrons. The van der Waals surface area contributed by atoms with E-state index in [1.54, 1.807) is 34.9 Å². The Labute approximate surface area is 260 Å². The Hall–Kier alpha value is -3.33. The number of aryl methyl sites for hydroxylation is 1. The number of hydrogen-bond donors (Lipinski definition) is 0. The van der Waals surface area contributed by atoms with Gasteiger partial charge in [0, 0.05) is 54.1 Å². The molecule has 1 saturated heterocycles. The highest BCUT2D eigenvalue weighted by molar-refractivity contribution is 7.99. The molecule has 1 fully saturated rings. The number of benzene rings is 3. The fraction of sp³-hybridized carbons (Fsp3) is 0.312. The van der Waals surface area contributed by atoms with Gasteiger partial charge in [-0.05, 0) is 57.0 Å². The minimum Gasteiger partial charge on any atom is -0.339 e. The van der Waals surface area contributed by atoms with Gasteiger partial charge in [0.15, 0.2) is 11.0 Å². The Morgan fingerprint density at radius 3 is 2.43 bits per heavy atom. The van der Waals surface area contributed by atoms with Gasteiger partial charge in [-0.15, -0.1) is 10.2 Å². The minimum absolute atomic E-state index is 0.107. The molecule has 2 heterocycles. The number of hydrogen-bond acceptors (Lipinski definition) is 5. The van der Waals surface area contributed by atoms with Crippen LogP contribution in [0.15, 0.2) is 78.0 Å². The molecule has 218 valence electrons. The summed E-state index contributed by atoms with van der Waals surface area (Å²) in [5, 5.41) is 10.7. The highest BCUT2D eigenvalue weighted by atomic mass is 35.5. The minimum atomic E-state index is -0.137. The van der Waals surface area contributed by atoms with Crippen LogP contribution in [0.4, 0.5) is 0 Å². The van der Waals surface area contributed by atoms with Crippen LogP contribution >= 0.6 is 35.0 Å². The van der Waals surface area contributed by atoms with Crippen molar-refractivity contribution in [2.24, 2.45) is 0 Å². The standard InChI is InChI=1S/C32H33Cl2N5O2S/c1-22-11-13-24(14-12-22)30-35-36-32(39(30)26-8-4-3-5-9-26)42-19-7-6-10-29(40)37-17-18-38(23(2)21-37)31(41)27-16-15-25(33)20-28(27)34/h3-5,8-9,11-16,20,23H,6-7,10,17-19,21H2,1-2H3. The van der Waals surface area contributed by atoms with Crippen LogP contribution in [-0.4, -0.2) is 67.8 Å². The van der Waals surface area contributed by atoms with E-state index in [0.717, 1.165) is 40.8 Å². The zero-order valence-electron chi connectivity index (χ0n) is 23.7. The molecule has 1 aliphatic rings. The average Bonchev–Trinajstić information content (AvgIpc) is 3.41. The number of piperazine rings is 1. The molecule has 7 nitrogen and oxygen atoms in total. The molecular weight excluding hydrogens is 589 g/mol. The van der Waals surface area contributed by atoms with E-state index in [9.17, 15) is 9.59 Å². The summed E-state index contributed by atoms with van der Waals surface area (Å²) in [7, 11) is 0. The first-order chi connectivity index (χ1) is 20.3. The van der Waals surface area contributed by atoms with E-state index in [1.807, 2.05) is 30.0 Å². The lowest BCUT2D eigenvalue weighted by molar-refractivity contribution is -0.133. The molecule has 4 aromatic rings. The van der Waals surface area contributed by atoms with Crippen LogP contribution in [0, 0.1) is 6.92 Å². The number of unbranched alkanes of at least 4 members (excludes halogenated alkanes) is 1. The molecule has 0 N–H and O–H groups in total. The van der Waals surface area contributed by atoms with Gasteiger partial charge < -0.3 is 9.80 Å². The zero-order chi connectivity index (χ0) is 29.6. The Bertz CT molecular complexity index is 1540. The maximum atomic E-state index is 13.1. The number of carbonyl (C=O) groups is 2. The molecule has 0 spiro atoms. The lowest BCUT2D eigenvalue weighted by Crippen LogP contribution is -2.55. The van der Waals surface area contributed by atoms with Crippen molar-refractivity contribution in [1.29, 1.82) is 0 Å². The monoisotopic (exact) mass is 621 g/mol. The topological polar surface area (TPSA) is 71.3 Å². The van der Waals surface area contributed by atoms with Crippen molar-refractivity contribution in [3.63, 3.8) is 0 Å². The molecule has 3 aromatic carbocycles. The van der Waals surface area contributed by atoms with E-state index in [4.69, 9.17) is 23.2 Å². The molecule has 42 heavy (non-hydrogen) atoms. The Balaban J connectivity index is 1.13. The van der Waals surface area contributed by atoms with Crippen molar-refractivity contribution in [2.75, 3.05) is 25.4 Å². The SMILES string of the molecule is Cc1ccc(-c2nnc(SCCCCC(=O)N3CCN(C(=O)c4ccc(Cl)cc4Cl)C(C)C3)n2-c2ccccc2)cc1. The largest absolute Gasteiger partial charge is 0.339 e. The van der Waals surface area contributed by atoms with Crippen LogP contribution in [0.5, 0.6) is 0 Å². The van der Waals surface area contributed by atoms with Crippen LogP contribution in [0.3, 0.4) is 0 Å². The molecule has 1 unspecified atom stereocenters. The third-order valence-corrected chi connectivity index (χ3v) is 8.94. The van der Waals surface area contributed by atoms with Crippen molar-refractivity contribution in [2.45, 2.75) is 44.3 Å². The van der Waals surface area contributed by atoms with Crippen molar-refractivity contribution >= 4 is 46.8 Å². The van der Waals surface area contributed by atoms with Crippen molar-refractivity contribution in [3.05, 3.63) is 94.0 Å². The molecule has 5 rings (SSSR count). The van der Waals surface area contributed by atoms with Gasteiger partial charge in [-0.25, -0.2) is 0 Å². The van der Waals surface area contributed by atoms with Gasteiger partial charge in [0.1, 0.15) is 0 Å². The van der Waals surface area contributed by atoms with Gasteiger partial charge in [0.25, 0.3) is 5.91 Å². The first-order valence-electron chi connectivity index (χ1n) is 14.1. The molecule has 1 atom stereocenters. The fourth-order valence-electron chi connectivity index (χ4n) is 5.07. The van der Waals surface area contributed by atoms with Crippen LogP contribution in [0.2, 0.25) is 10.0 Å². The second kappa shape index (κ2) is 13.8. The number of halogens is 2. The molecular formula is C32H33Cl2N5O2S. The molecule has 1 aromatic heterocycles. The highest BCUT2D eigenvalue weighted by Crippen LogP contribution is 2.29. The summed E-state index contributed by atoms with van der Waals surface area (Å²) in [6.45, 7) is 5.52. The zero-order valence-corrected chi connectivity index (χ0v) is 26.0. The number of nitrogens with zero attached hydrogens (tertiary/aromatic N) is 5. The average molecular weight is 623 g/mol. The summed E-state index contributed by atoms with van der Waals surface area (Å²) in [4.78, 5) is 29.7. The Morgan fingerprint density at radius 1 is 0.952 bits per heavy atom. The van der Waals surface area contributed by atoms with Crippen LogP contribution in [-0.2, 0) is 4.79 Å². The van der Waals surface area contributed by atoms with E-state index in [-0.39, 0.29) is 17.9 Å². The predicted molar refractivity (Wildman–Crippen MR) is 170 cm³/mol. The fourth-order valence-corrected chi connectivity index (χ4v) is 6.51. The number of carbonyl (C=O) groups excluding carboxylic acids is 2. The summed E-state index contributed by atoms with van der Waals surface area (Å²) in [5.41, 5.74) is 3.66. The molecule has 0 bridgehead atoms. The number of para-hydroxylation sites is 1. The van der Waals surface area contributed by atoms with E-state index in [1.165, 1.54) is 5.56 Å². The maximum absolute atomic E-state index is 13.1. The number of amides is 2. The second-order valence-corrected chi connectivity index (χ2v) is 12.4. The quantitative estimate of drug-likeness (QED) is 0.146. The summed E-state index contributed by atoms with van der Waals surface area (Å²) < 4.78 is 2.10. The van der Waals surface area contributed by atoms with Crippen LogP contribution in [0.25, 0.3) is 17.1 Å². The van der Waals surface area contributed by atoms with Gasteiger partial charge in [-0.1, -0.05) is 83.0 Å². The van der Waals surface area contributed by atoms with Gasteiger partial charge in [-0.2, -0.15) is 0 Å². The highest BCUT2D eigenvalue weighted by Gasteiger charge is 2.31. The molecule has 1 aliphatic heterocycles. The summed E-state index contributed by atoms with van der Waals surface area (Å²) in [5.74, 6) is 1.62. The third kappa shape index (κ3) is 7.00. The van der Waals surface area contributed by atoms with E-state index < -0.39 is 0 Å². The molecule has 0 aliphatic carbocycles. The summed E-state index contributed by atoms with van der Waals surface area (Å²) >= 11 is 13.9. The number of aromatic nitrogens is 3. The van der Waals surface area contributed by atoms with E-state index in [2.05, 4.69) is 58.1 Å². The normalized spacial score (nSPS) is 15.2. The predicted octanol–water partition coefficient (Wildman–Crippen LogP) is 7.19. The number of rotatable bonds is 9. The lowest BCUT2D eigenvalue weighted by atomic mass is 10.1. The summed E-state index contributed by atoms with van der Waals surface area (Å²) in [6.07, 6.45) is 2.13. The van der Waals surface area contributed by atoms with Crippen LogP contribution < -0.4 is 0 Å². The van der Waals surface area contributed by atoms with Gasteiger partial charge in [-0.3, -0.25) is 14.2 Å². The summed E-state index contributed by atoms with van der Waals surface area (Å²) in [6, 6.07) is 23.2. The van der Waals surface area contributed by atoms with Crippen LogP contribution in [0.1, 0.15) is 42.1 Å².